The van der Waals surface area contributed by atoms with Crippen molar-refractivity contribution in [2.75, 3.05) is 6.61 Å². The van der Waals surface area contributed by atoms with Crippen LogP contribution < -0.4 is 0 Å². The SMILES string of the molecule is c1csc(-c2nnc(Sc3ncnc4sc5c(c34)CCCC5)n2CC2CCCO2)c1. The second-order valence-corrected chi connectivity index (χ2v) is 10.7. The summed E-state index contributed by atoms with van der Waals surface area (Å²) in [5, 5.41) is 14.3. The van der Waals surface area contributed by atoms with Gasteiger partial charge < -0.3 is 4.74 Å². The molecule has 2 aliphatic rings. The molecule has 1 aliphatic carbocycles. The van der Waals surface area contributed by atoms with Gasteiger partial charge in [0.25, 0.3) is 0 Å². The molecule has 0 spiro atoms. The van der Waals surface area contributed by atoms with E-state index in [4.69, 9.17) is 4.74 Å². The molecule has 6 nitrogen and oxygen atoms in total. The standard InChI is InChI=1S/C21H21N5OS3/c1-2-7-15-14(6-1)17-19(29-15)22-12-23-20(17)30-21-25-24-18(16-8-4-10-28-16)26(21)11-13-5-3-9-27-13/h4,8,10,12-13H,1-3,5-7,9,11H2. The fourth-order valence-corrected chi connectivity index (χ4v) is 7.29. The molecule has 0 aromatic carbocycles. The number of ether oxygens (including phenoxy) is 1. The Kier molecular flexibility index (Phi) is 5.06. The first kappa shape index (κ1) is 18.9. The van der Waals surface area contributed by atoms with Gasteiger partial charge in [-0.15, -0.1) is 32.9 Å². The lowest BCUT2D eigenvalue weighted by molar-refractivity contribution is 0.0953. The zero-order chi connectivity index (χ0) is 19.9. The Morgan fingerprint density at radius 1 is 1.17 bits per heavy atom. The zero-order valence-corrected chi connectivity index (χ0v) is 18.9. The molecule has 30 heavy (non-hydrogen) atoms. The molecule has 1 unspecified atom stereocenters. The van der Waals surface area contributed by atoms with Gasteiger partial charge >= 0.3 is 0 Å². The van der Waals surface area contributed by atoms with Gasteiger partial charge in [0.15, 0.2) is 11.0 Å². The van der Waals surface area contributed by atoms with Gasteiger partial charge in [-0.2, -0.15) is 0 Å². The minimum Gasteiger partial charge on any atom is -0.376 e. The summed E-state index contributed by atoms with van der Waals surface area (Å²) in [7, 11) is 0. The fourth-order valence-electron chi connectivity index (χ4n) is 4.33. The number of nitrogens with zero attached hydrogens (tertiary/aromatic N) is 5. The van der Waals surface area contributed by atoms with Crippen LogP contribution in [0.4, 0.5) is 0 Å². The molecular weight excluding hydrogens is 434 g/mol. The van der Waals surface area contributed by atoms with Gasteiger partial charge in [-0.05, 0) is 67.3 Å². The minimum atomic E-state index is 0.221. The van der Waals surface area contributed by atoms with E-state index in [0.717, 1.165) is 64.5 Å². The largest absolute Gasteiger partial charge is 0.376 e. The molecule has 1 saturated heterocycles. The van der Waals surface area contributed by atoms with Gasteiger partial charge in [0, 0.05) is 16.9 Å². The van der Waals surface area contributed by atoms with Crippen molar-refractivity contribution < 1.29 is 4.74 Å². The molecule has 0 amide bonds. The lowest BCUT2D eigenvalue weighted by Crippen LogP contribution is -2.16. The van der Waals surface area contributed by atoms with Crippen molar-refractivity contribution >= 4 is 44.7 Å². The summed E-state index contributed by atoms with van der Waals surface area (Å²) in [6.45, 7) is 1.62. The average molecular weight is 456 g/mol. The molecule has 0 saturated carbocycles. The van der Waals surface area contributed by atoms with Crippen molar-refractivity contribution in [2.24, 2.45) is 0 Å². The predicted molar refractivity (Wildman–Crippen MR) is 120 cm³/mol. The Balaban J connectivity index is 1.42. The van der Waals surface area contributed by atoms with E-state index in [1.54, 1.807) is 29.4 Å². The summed E-state index contributed by atoms with van der Waals surface area (Å²) >= 11 is 5.14. The molecule has 6 rings (SSSR count). The molecule has 9 heteroatoms. The number of fused-ring (bicyclic) bond motifs is 3. The van der Waals surface area contributed by atoms with Crippen LogP contribution in [0.25, 0.3) is 20.9 Å². The number of hydrogen-bond donors (Lipinski definition) is 0. The lowest BCUT2D eigenvalue weighted by Gasteiger charge is -2.14. The van der Waals surface area contributed by atoms with Gasteiger partial charge in [0.1, 0.15) is 16.2 Å². The van der Waals surface area contributed by atoms with Crippen molar-refractivity contribution in [3.05, 3.63) is 34.3 Å². The summed E-state index contributed by atoms with van der Waals surface area (Å²) in [5.74, 6) is 0.917. The molecule has 4 aromatic heterocycles. The summed E-state index contributed by atoms with van der Waals surface area (Å²) in [6.07, 6.45) is 8.92. The number of hydrogen-bond acceptors (Lipinski definition) is 8. The van der Waals surface area contributed by atoms with E-state index in [0.29, 0.717) is 0 Å². The summed E-state index contributed by atoms with van der Waals surface area (Å²) in [6, 6.07) is 4.16. The Labute approximate surface area is 186 Å². The normalized spacial score (nSPS) is 18.9. The van der Waals surface area contributed by atoms with Gasteiger partial charge in [0.2, 0.25) is 0 Å². The van der Waals surface area contributed by atoms with Crippen LogP contribution in [0.3, 0.4) is 0 Å². The van der Waals surface area contributed by atoms with Crippen molar-refractivity contribution in [2.45, 2.75) is 61.4 Å². The van der Waals surface area contributed by atoms with E-state index < -0.39 is 0 Å². The van der Waals surface area contributed by atoms with Crippen molar-refractivity contribution in [1.29, 1.82) is 0 Å². The molecule has 5 heterocycles. The van der Waals surface area contributed by atoms with Gasteiger partial charge in [0.05, 0.1) is 17.5 Å². The molecule has 154 valence electrons. The molecule has 4 aromatic rings. The highest BCUT2D eigenvalue weighted by Crippen LogP contribution is 2.41. The van der Waals surface area contributed by atoms with E-state index >= 15 is 0 Å². The van der Waals surface area contributed by atoms with Crippen LogP contribution in [0.15, 0.2) is 34.0 Å². The number of thiophene rings is 2. The molecular formula is C21H21N5OS3. The molecule has 0 bridgehead atoms. The summed E-state index contributed by atoms with van der Waals surface area (Å²) < 4.78 is 8.15. The molecule has 0 N–H and O–H groups in total. The molecule has 1 fully saturated rings. The van der Waals surface area contributed by atoms with Crippen LogP contribution in [-0.4, -0.2) is 37.4 Å². The van der Waals surface area contributed by atoms with Crippen LogP contribution in [0.2, 0.25) is 0 Å². The zero-order valence-electron chi connectivity index (χ0n) is 16.4. The predicted octanol–water partition coefficient (Wildman–Crippen LogP) is 5.22. The quantitative estimate of drug-likeness (QED) is 0.384. The van der Waals surface area contributed by atoms with Crippen molar-refractivity contribution in [3.8, 4) is 10.7 Å². The second-order valence-electron chi connectivity index (χ2n) is 7.70. The Morgan fingerprint density at radius 3 is 3.00 bits per heavy atom. The average Bonchev–Trinajstić information content (AvgIpc) is 3.56. The summed E-state index contributed by atoms with van der Waals surface area (Å²) in [4.78, 5) is 13.0. The maximum absolute atomic E-state index is 5.93. The third-order valence-corrected chi connectivity index (χ3v) is 8.83. The highest BCUT2D eigenvalue weighted by Gasteiger charge is 2.25. The third-order valence-electron chi connectivity index (χ3n) is 5.77. The van der Waals surface area contributed by atoms with Crippen LogP contribution in [-0.2, 0) is 24.1 Å². The topological polar surface area (TPSA) is 65.7 Å². The lowest BCUT2D eigenvalue weighted by atomic mass is 9.97. The van der Waals surface area contributed by atoms with E-state index in [-0.39, 0.29) is 6.10 Å². The van der Waals surface area contributed by atoms with Gasteiger partial charge in [-0.25, -0.2) is 9.97 Å². The molecule has 0 radical (unpaired) electrons. The second kappa shape index (κ2) is 8.03. The first-order chi connectivity index (χ1) is 14.9. The van der Waals surface area contributed by atoms with E-state index in [1.807, 2.05) is 11.3 Å². The molecule has 1 atom stereocenters. The van der Waals surface area contributed by atoms with Crippen LogP contribution >= 0.6 is 34.4 Å². The number of aromatic nitrogens is 5. The fraction of sp³-hybridized carbons (Fsp3) is 0.429. The minimum absolute atomic E-state index is 0.221. The maximum Gasteiger partial charge on any atom is 0.197 e. The maximum atomic E-state index is 5.93. The highest BCUT2D eigenvalue weighted by atomic mass is 32.2. The van der Waals surface area contributed by atoms with E-state index in [9.17, 15) is 0 Å². The van der Waals surface area contributed by atoms with Crippen molar-refractivity contribution in [3.63, 3.8) is 0 Å². The van der Waals surface area contributed by atoms with Gasteiger partial charge in [-0.1, -0.05) is 6.07 Å². The first-order valence-corrected chi connectivity index (χ1v) is 12.9. The summed E-state index contributed by atoms with van der Waals surface area (Å²) in [5.41, 5.74) is 1.45. The molecule has 1 aliphatic heterocycles. The van der Waals surface area contributed by atoms with E-state index in [1.165, 1.54) is 28.7 Å². The van der Waals surface area contributed by atoms with Crippen LogP contribution in [0.1, 0.15) is 36.1 Å². The van der Waals surface area contributed by atoms with Crippen LogP contribution in [0, 0.1) is 0 Å². The smallest absolute Gasteiger partial charge is 0.197 e. The monoisotopic (exact) mass is 455 g/mol. The highest BCUT2D eigenvalue weighted by molar-refractivity contribution is 7.99. The first-order valence-electron chi connectivity index (χ1n) is 10.4. The third kappa shape index (κ3) is 3.37. The van der Waals surface area contributed by atoms with Gasteiger partial charge in [-0.3, -0.25) is 4.57 Å². The Bertz CT molecular complexity index is 1180. The van der Waals surface area contributed by atoms with Crippen LogP contribution in [0.5, 0.6) is 0 Å². The Morgan fingerprint density at radius 2 is 2.13 bits per heavy atom. The van der Waals surface area contributed by atoms with Crippen molar-refractivity contribution in [1.82, 2.24) is 24.7 Å². The number of aryl methyl sites for hydroxylation is 2. The van der Waals surface area contributed by atoms with E-state index in [2.05, 4.69) is 42.2 Å². The number of rotatable bonds is 5. The Hall–Kier alpha value is -1.81.